The molecule has 1 amide bonds. The topological polar surface area (TPSA) is 75.6 Å². The molecule has 0 heterocycles. The number of carbonyl (C=O) groups excluding carboxylic acids is 1. The van der Waals surface area contributed by atoms with Crippen LogP contribution in [0.4, 0.5) is 0 Å². The van der Waals surface area contributed by atoms with Gasteiger partial charge in [0.05, 0.1) is 18.4 Å². The first kappa shape index (κ1) is 16.0. The van der Waals surface area contributed by atoms with E-state index in [1.165, 1.54) is 0 Å². The van der Waals surface area contributed by atoms with Crippen LogP contribution in [0.1, 0.15) is 39.5 Å². The minimum absolute atomic E-state index is 0.143. The zero-order valence-corrected chi connectivity index (χ0v) is 11.9. The third-order valence-electron chi connectivity index (χ3n) is 3.64. The Balaban J connectivity index is 2.26. The molecule has 0 aromatic heterocycles. The van der Waals surface area contributed by atoms with Crippen molar-refractivity contribution >= 4 is 11.9 Å². The van der Waals surface area contributed by atoms with Crippen molar-refractivity contribution in [1.29, 1.82) is 0 Å². The van der Waals surface area contributed by atoms with E-state index < -0.39 is 11.9 Å². The largest absolute Gasteiger partial charge is 0.481 e. The molecule has 0 spiro atoms. The van der Waals surface area contributed by atoms with Gasteiger partial charge in [-0.1, -0.05) is 20.3 Å². The van der Waals surface area contributed by atoms with E-state index in [-0.39, 0.29) is 11.8 Å². The Morgan fingerprint density at radius 3 is 2.58 bits per heavy atom. The van der Waals surface area contributed by atoms with Crippen molar-refractivity contribution < 1.29 is 19.4 Å². The normalized spacial score (nSPS) is 26.3. The maximum Gasteiger partial charge on any atom is 0.307 e. The molecule has 3 atom stereocenters. The summed E-state index contributed by atoms with van der Waals surface area (Å²) in [5.41, 5.74) is 0. The summed E-state index contributed by atoms with van der Waals surface area (Å²) in [5.74, 6) is -1.61. The number of ether oxygens (including phenoxy) is 1. The highest BCUT2D eigenvalue weighted by Crippen LogP contribution is 2.36. The van der Waals surface area contributed by atoms with E-state index in [0.29, 0.717) is 38.5 Å². The van der Waals surface area contributed by atoms with Gasteiger partial charge in [-0.2, -0.15) is 0 Å². The summed E-state index contributed by atoms with van der Waals surface area (Å²) < 4.78 is 5.35. The van der Waals surface area contributed by atoms with Crippen LogP contribution >= 0.6 is 0 Å². The Bertz CT molecular complexity index is 306. The van der Waals surface area contributed by atoms with E-state index in [2.05, 4.69) is 12.2 Å². The van der Waals surface area contributed by atoms with Crippen molar-refractivity contribution in [3.8, 4) is 0 Å². The monoisotopic (exact) mass is 271 g/mol. The summed E-state index contributed by atoms with van der Waals surface area (Å²) in [6.07, 6.45) is 3.38. The van der Waals surface area contributed by atoms with Gasteiger partial charge >= 0.3 is 5.97 Å². The number of aliphatic carboxylic acids is 1. The Labute approximate surface area is 114 Å². The van der Waals surface area contributed by atoms with E-state index in [1.807, 2.05) is 6.92 Å². The number of unbranched alkanes of at least 4 members (excludes halogenated alkanes) is 1. The van der Waals surface area contributed by atoms with Crippen LogP contribution < -0.4 is 5.32 Å². The first-order valence-corrected chi connectivity index (χ1v) is 7.14. The fraction of sp³-hybridized carbons (Fsp3) is 0.857. The Morgan fingerprint density at radius 2 is 1.95 bits per heavy atom. The van der Waals surface area contributed by atoms with Gasteiger partial charge in [0.25, 0.3) is 0 Å². The molecule has 0 bridgehead atoms. The lowest BCUT2D eigenvalue weighted by Gasteiger charge is -2.15. The lowest BCUT2D eigenvalue weighted by molar-refractivity contribution is -0.146. The predicted octanol–water partition coefficient (Wildman–Crippen LogP) is 1.67. The summed E-state index contributed by atoms with van der Waals surface area (Å²) in [6, 6.07) is 0. The standard InChI is InChI=1S/C14H25NO4/c1-3-4-6-19-7-5-15-13(16)11-8-10(2)9-12(11)14(17)18/h10-12H,3-9H2,1-2H3,(H,15,16)(H,17,18). The Kier molecular flexibility index (Phi) is 6.84. The average molecular weight is 271 g/mol. The highest BCUT2D eigenvalue weighted by Gasteiger charge is 2.40. The third kappa shape index (κ3) is 5.19. The fourth-order valence-electron chi connectivity index (χ4n) is 2.58. The summed E-state index contributed by atoms with van der Waals surface area (Å²) >= 11 is 0. The summed E-state index contributed by atoms with van der Waals surface area (Å²) in [5, 5.41) is 11.9. The van der Waals surface area contributed by atoms with Gasteiger partial charge in [-0.05, 0) is 25.2 Å². The van der Waals surface area contributed by atoms with Gasteiger partial charge in [0.2, 0.25) is 5.91 Å². The number of hydrogen-bond donors (Lipinski definition) is 2. The van der Waals surface area contributed by atoms with Crippen molar-refractivity contribution in [2.75, 3.05) is 19.8 Å². The molecular weight excluding hydrogens is 246 g/mol. The van der Waals surface area contributed by atoms with Crippen LogP contribution in [0, 0.1) is 17.8 Å². The van der Waals surface area contributed by atoms with Gasteiger partial charge in [-0.3, -0.25) is 9.59 Å². The van der Waals surface area contributed by atoms with Gasteiger partial charge in [0, 0.05) is 13.2 Å². The van der Waals surface area contributed by atoms with Crippen LogP contribution in [0.5, 0.6) is 0 Å². The number of amides is 1. The summed E-state index contributed by atoms with van der Waals surface area (Å²) in [4.78, 5) is 23.1. The van der Waals surface area contributed by atoms with Crippen LogP contribution in [0.25, 0.3) is 0 Å². The minimum Gasteiger partial charge on any atom is -0.481 e. The maximum atomic E-state index is 12.0. The number of carboxylic acid groups (broad SMARTS) is 1. The van der Waals surface area contributed by atoms with Crippen molar-refractivity contribution in [2.24, 2.45) is 17.8 Å². The van der Waals surface area contributed by atoms with E-state index in [4.69, 9.17) is 9.84 Å². The van der Waals surface area contributed by atoms with Crippen LogP contribution in [-0.4, -0.2) is 36.7 Å². The molecule has 0 radical (unpaired) electrons. The molecule has 1 saturated carbocycles. The van der Waals surface area contributed by atoms with Gasteiger partial charge in [0.15, 0.2) is 0 Å². The lowest BCUT2D eigenvalue weighted by atomic mass is 9.95. The number of nitrogens with one attached hydrogen (secondary N) is 1. The van der Waals surface area contributed by atoms with Gasteiger partial charge in [-0.15, -0.1) is 0 Å². The average Bonchev–Trinajstić information content (AvgIpc) is 2.76. The predicted molar refractivity (Wildman–Crippen MR) is 71.8 cm³/mol. The first-order chi connectivity index (χ1) is 9.06. The number of carboxylic acids is 1. The molecule has 2 N–H and O–H groups in total. The molecule has 1 fully saturated rings. The second kappa shape index (κ2) is 8.15. The summed E-state index contributed by atoms with van der Waals surface area (Å²) in [6.45, 7) is 5.76. The van der Waals surface area contributed by atoms with Crippen LogP contribution in [0.3, 0.4) is 0 Å². The minimum atomic E-state index is -0.858. The molecular formula is C14H25NO4. The molecule has 0 aliphatic heterocycles. The molecule has 5 nitrogen and oxygen atoms in total. The quantitative estimate of drug-likeness (QED) is 0.658. The lowest BCUT2D eigenvalue weighted by Crippen LogP contribution is -2.36. The van der Waals surface area contributed by atoms with Crippen LogP contribution in [-0.2, 0) is 14.3 Å². The zero-order valence-electron chi connectivity index (χ0n) is 11.9. The van der Waals surface area contributed by atoms with Crippen molar-refractivity contribution in [3.63, 3.8) is 0 Å². The number of carbonyl (C=O) groups is 2. The number of rotatable bonds is 8. The van der Waals surface area contributed by atoms with Gasteiger partial charge in [0.1, 0.15) is 0 Å². The SMILES string of the molecule is CCCCOCCNC(=O)C1CC(C)CC1C(=O)O. The van der Waals surface area contributed by atoms with E-state index >= 15 is 0 Å². The molecule has 1 aliphatic rings. The highest BCUT2D eigenvalue weighted by atomic mass is 16.5. The molecule has 0 saturated heterocycles. The molecule has 110 valence electrons. The summed E-state index contributed by atoms with van der Waals surface area (Å²) in [7, 11) is 0. The zero-order chi connectivity index (χ0) is 14.3. The van der Waals surface area contributed by atoms with E-state index in [9.17, 15) is 9.59 Å². The highest BCUT2D eigenvalue weighted by molar-refractivity contribution is 5.85. The van der Waals surface area contributed by atoms with Crippen molar-refractivity contribution in [2.45, 2.75) is 39.5 Å². The molecule has 0 aromatic carbocycles. The van der Waals surface area contributed by atoms with Crippen LogP contribution in [0.2, 0.25) is 0 Å². The Hall–Kier alpha value is -1.10. The van der Waals surface area contributed by atoms with Gasteiger partial charge < -0.3 is 15.2 Å². The molecule has 1 rings (SSSR count). The molecule has 3 unspecified atom stereocenters. The molecule has 5 heteroatoms. The molecule has 19 heavy (non-hydrogen) atoms. The van der Waals surface area contributed by atoms with E-state index in [1.54, 1.807) is 0 Å². The maximum absolute atomic E-state index is 12.0. The van der Waals surface area contributed by atoms with E-state index in [0.717, 1.165) is 12.8 Å². The van der Waals surface area contributed by atoms with Crippen molar-refractivity contribution in [1.82, 2.24) is 5.32 Å². The first-order valence-electron chi connectivity index (χ1n) is 7.14. The third-order valence-corrected chi connectivity index (χ3v) is 3.64. The second-order valence-electron chi connectivity index (χ2n) is 5.38. The second-order valence-corrected chi connectivity index (χ2v) is 5.38. The van der Waals surface area contributed by atoms with Crippen molar-refractivity contribution in [3.05, 3.63) is 0 Å². The Morgan fingerprint density at radius 1 is 1.26 bits per heavy atom. The van der Waals surface area contributed by atoms with Crippen LogP contribution in [0.15, 0.2) is 0 Å². The molecule has 0 aromatic rings. The van der Waals surface area contributed by atoms with Gasteiger partial charge in [-0.25, -0.2) is 0 Å². The smallest absolute Gasteiger partial charge is 0.307 e. The fourth-order valence-corrected chi connectivity index (χ4v) is 2.58. The number of hydrogen-bond acceptors (Lipinski definition) is 3. The molecule has 1 aliphatic carbocycles.